The van der Waals surface area contributed by atoms with Crippen LogP contribution in [0.4, 0.5) is 0 Å². The third kappa shape index (κ3) is 4.82. The third-order valence-corrected chi connectivity index (χ3v) is 2.94. The Kier molecular flexibility index (Phi) is 5.71. The highest BCUT2D eigenvalue weighted by Crippen LogP contribution is 2.24. The summed E-state index contributed by atoms with van der Waals surface area (Å²) in [4.78, 5) is 22.7. The minimum atomic E-state index is -0.871. The molecule has 2 amide bonds. The van der Waals surface area contributed by atoms with E-state index in [4.69, 9.17) is 16.0 Å². The zero-order chi connectivity index (χ0) is 16.7. The molecule has 23 heavy (non-hydrogen) atoms. The number of hydrogen-bond donors (Lipinski definition) is 2. The average Bonchev–Trinajstić information content (AvgIpc) is 3.01. The van der Waals surface area contributed by atoms with E-state index < -0.39 is 11.8 Å². The van der Waals surface area contributed by atoms with E-state index in [2.05, 4.69) is 22.4 Å². The molecular weight excluding hydrogens is 318 g/mol. The zero-order valence-corrected chi connectivity index (χ0v) is 12.8. The molecule has 1 aromatic carbocycles. The fourth-order valence-electron chi connectivity index (χ4n) is 1.67. The number of benzene rings is 1. The Hall–Kier alpha value is -2.86. The van der Waals surface area contributed by atoms with Crippen LogP contribution in [0.2, 0.25) is 5.02 Å². The summed E-state index contributed by atoms with van der Waals surface area (Å²) in [6, 6.07) is 10.7. The smallest absolute Gasteiger partial charge is 0.329 e. The number of nitrogens with zero attached hydrogens (tertiary/aromatic N) is 1. The highest BCUT2D eigenvalue weighted by molar-refractivity contribution is 6.35. The second-order valence-electron chi connectivity index (χ2n) is 4.41. The van der Waals surface area contributed by atoms with Crippen molar-refractivity contribution in [1.82, 2.24) is 10.7 Å². The predicted octanol–water partition coefficient (Wildman–Crippen LogP) is 2.35. The fourth-order valence-corrected chi connectivity index (χ4v) is 1.86. The molecule has 0 saturated heterocycles. The van der Waals surface area contributed by atoms with E-state index in [1.165, 1.54) is 12.3 Å². The van der Waals surface area contributed by atoms with Crippen LogP contribution >= 0.6 is 11.6 Å². The van der Waals surface area contributed by atoms with E-state index in [0.717, 1.165) is 5.56 Å². The van der Waals surface area contributed by atoms with Crippen LogP contribution in [-0.2, 0) is 9.59 Å². The zero-order valence-electron chi connectivity index (χ0n) is 12.1. The van der Waals surface area contributed by atoms with Crippen LogP contribution in [0.5, 0.6) is 0 Å². The molecule has 0 unspecified atom stereocenters. The maximum atomic E-state index is 11.4. The molecule has 0 saturated carbocycles. The van der Waals surface area contributed by atoms with Gasteiger partial charge in [0.25, 0.3) is 0 Å². The number of hydrogen-bond acceptors (Lipinski definition) is 4. The second-order valence-corrected chi connectivity index (χ2v) is 4.85. The number of halogens is 1. The first kappa shape index (κ1) is 16.5. The van der Waals surface area contributed by atoms with E-state index in [1.54, 1.807) is 24.3 Å². The maximum absolute atomic E-state index is 11.4. The third-order valence-electron chi connectivity index (χ3n) is 2.71. The number of amides is 2. The van der Waals surface area contributed by atoms with Gasteiger partial charge in [0.1, 0.15) is 11.5 Å². The average molecular weight is 332 g/mol. The van der Waals surface area contributed by atoms with Gasteiger partial charge in [-0.15, -0.1) is 6.58 Å². The summed E-state index contributed by atoms with van der Waals surface area (Å²) in [5.74, 6) is -0.624. The number of nitrogens with one attached hydrogen (secondary N) is 2. The number of hydrazone groups is 1. The molecule has 0 aliphatic heterocycles. The number of carbonyl (C=O) groups excluding carboxylic acids is 2. The highest BCUT2D eigenvalue weighted by atomic mass is 35.5. The quantitative estimate of drug-likeness (QED) is 0.382. The minimum absolute atomic E-state index is 0.206. The van der Waals surface area contributed by atoms with Crippen molar-refractivity contribution < 1.29 is 14.0 Å². The fraction of sp³-hybridized carbons (Fsp3) is 0.0625. The summed E-state index contributed by atoms with van der Waals surface area (Å²) in [5.41, 5.74) is 2.93. The van der Waals surface area contributed by atoms with Crippen molar-refractivity contribution in [2.75, 3.05) is 6.54 Å². The topological polar surface area (TPSA) is 83.7 Å². The molecule has 0 bridgehead atoms. The van der Waals surface area contributed by atoms with Crippen molar-refractivity contribution in [3.05, 3.63) is 59.8 Å². The largest absolute Gasteiger partial charge is 0.455 e. The lowest BCUT2D eigenvalue weighted by atomic mass is 10.2. The lowest BCUT2D eigenvalue weighted by Crippen LogP contribution is -2.37. The molecule has 0 spiro atoms. The van der Waals surface area contributed by atoms with Gasteiger partial charge in [-0.2, -0.15) is 5.10 Å². The lowest BCUT2D eigenvalue weighted by Gasteiger charge is -1.99. The summed E-state index contributed by atoms with van der Waals surface area (Å²) in [5, 5.41) is 6.60. The van der Waals surface area contributed by atoms with Crippen molar-refractivity contribution in [2.45, 2.75) is 0 Å². The van der Waals surface area contributed by atoms with Crippen molar-refractivity contribution >= 4 is 29.6 Å². The number of rotatable bonds is 5. The Labute approximate surface area is 137 Å². The van der Waals surface area contributed by atoms with Crippen molar-refractivity contribution in [2.24, 2.45) is 5.10 Å². The SMILES string of the molecule is C=CCNC(=O)C(=O)N/N=C/c1ccc(-c2cccc(Cl)c2)o1. The maximum Gasteiger partial charge on any atom is 0.329 e. The molecule has 7 heteroatoms. The Morgan fingerprint density at radius 3 is 2.83 bits per heavy atom. The molecule has 2 rings (SSSR count). The molecule has 0 aliphatic carbocycles. The molecule has 0 fully saturated rings. The Balaban J connectivity index is 1.95. The van der Waals surface area contributed by atoms with Crippen LogP contribution in [0.25, 0.3) is 11.3 Å². The molecule has 2 N–H and O–H groups in total. The van der Waals surface area contributed by atoms with E-state index in [-0.39, 0.29) is 6.54 Å². The van der Waals surface area contributed by atoms with Crippen LogP contribution in [0.1, 0.15) is 5.76 Å². The molecule has 118 valence electrons. The summed E-state index contributed by atoms with van der Waals surface area (Å²) in [7, 11) is 0. The van der Waals surface area contributed by atoms with Gasteiger partial charge in [0.2, 0.25) is 0 Å². The Morgan fingerprint density at radius 1 is 1.26 bits per heavy atom. The van der Waals surface area contributed by atoms with E-state index >= 15 is 0 Å². The molecule has 0 atom stereocenters. The molecule has 0 radical (unpaired) electrons. The van der Waals surface area contributed by atoms with Crippen molar-refractivity contribution in [1.29, 1.82) is 0 Å². The first-order chi connectivity index (χ1) is 11.1. The second kappa shape index (κ2) is 7.95. The first-order valence-corrected chi connectivity index (χ1v) is 7.06. The van der Waals surface area contributed by atoms with Gasteiger partial charge in [-0.1, -0.05) is 29.8 Å². The normalized spacial score (nSPS) is 10.5. The van der Waals surface area contributed by atoms with Crippen LogP contribution in [0, 0.1) is 0 Å². The lowest BCUT2D eigenvalue weighted by molar-refractivity contribution is -0.139. The van der Waals surface area contributed by atoms with Crippen LogP contribution in [0.3, 0.4) is 0 Å². The monoisotopic (exact) mass is 331 g/mol. The van der Waals surface area contributed by atoms with Gasteiger partial charge in [0.05, 0.1) is 6.21 Å². The summed E-state index contributed by atoms with van der Waals surface area (Å²) in [6.07, 6.45) is 2.77. The Bertz CT molecular complexity index is 753. The number of carbonyl (C=O) groups is 2. The Morgan fingerprint density at radius 2 is 2.09 bits per heavy atom. The van der Waals surface area contributed by atoms with Gasteiger partial charge in [-0.05, 0) is 24.3 Å². The van der Waals surface area contributed by atoms with Gasteiger partial charge in [0, 0.05) is 17.1 Å². The van der Waals surface area contributed by atoms with Gasteiger partial charge >= 0.3 is 11.8 Å². The molecule has 6 nitrogen and oxygen atoms in total. The van der Waals surface area contributed by atoms with Crippen molar-refractivity contribution in [3.8, 4) is 11.3 Å². The van der Waals surface area contributed by atoms with E-state index in [0.29, 0.717) is 16.5 Å². The molecular formula is C16H14ClN3O3. The van der Waals surface area contributed by atoms with Gasteiger partial charge in [0.15, 0.2) is 0 Å². The minimum Gasteiger partial charge on any atom is -0.455 e. The standard InChI is InChI=1S/C16H14ClN3O3/c1-2-8-18-15(21)16(22)20-19-10-13-6-7-14(23-13)11-4-3-5-12(17)9-11/h2-7,9-10H,1,8H2,(H,18,21)(H,20,22)/b19-10+. The van der Waals surface area contributed by atoms with Crippen LogP contribution in [-0.4, -0.2) is 24.6 Å². The van der Waals surface area contributed by atoms with Gasteiger partial charge < -0.3 is 9.73 Å². The first-order valence-electron chi connectivity index (χ1n) is 6.68. The number of furan rings is 1. The molecule has 0 aliphatic rings. The van der Waals surface area contributed by atoms with Crippen LogP contribution in [0.15, 0.2) is 58.6 Å². The molecule has 1 heterocycles. The molecule has 1 aromatic heterocycles. The summed E-state index contributed by atoms with van der Waals surface area (Å²) >= 11 is 5.93. The summed E-state index contributed by atoms with van der Waals surface area (Å²) in [6.45, 7) is 3.64. The van der Waals surface area contributed by atoms with Crippen LogP contribution < -0.4 is 10.7 Å². The van der Waals surface area contributed by atoms with E-state index in [1.807, 2.05) is 12.1 Å². The highest BCUT2D eigenvalue weighted by Gasteiger charge is 2.10. The van der Waals surface area contributed by atoms with Gasteiger partial charge in [-0.3, -0.25) is 9.59 Å². The summed E-state index contributed by atoms with van der Waals surface area (Å²) < 4.78 is 5.56. The van der Waals surface area contributed by atoms with E-state index in [9.17, 15) is 9.59 Å². The predicted molar refractivity (Wildman–Crippen MR) is 88.1 cm³/mol. The van der Waals surface area contributed by atoms with Crippen molar-refractivity contribution in [3.63, 3.8) is 0 Å². The van der Waals surface area contributed by atoms with Gasteiger partial charge in [-0.25, -0.2) is 5.43 Å². The molecule has 2 aromatic rings.